The van der Waals surface area contributed by atoms with Gasteiger partial charge in [-0.25, -0.2) is 0 Å². The molecule has 5 heteroatoms. The highest BCUT2D eigenvalue weighted by molar-refractivity contribution is 7.99. The van der Waals surface area contributed by atoms with Crippen LogP contribution in [0.3, 0.4) is 0 Å². The number of likely N-dealkylation sites (tertiary alicyclic amines) is 1. The van der Waals surface area contributed by atoms with Gasteiger partial charge in [-0.05, 0) is 44.4 Å². The summed E-state index contributed by atoms with van der Waals surface area (Å²) >= 11 is 2.05. The van der Waals surface area contributed by atoms with Crippen molar-refractivity contribution in [3.8, 4) is 0 Å². The van der Waals surface area contributed by atoms with E-state index in [2.05, 4.69) is 22.0 Å². The summed E-state index contributed by atoms with van der Waals surface area (Å²) in [4.78, 5) is 14.8. The van der Waals surface area contributed by atoms with Gasteiger partial charge in [0.15, 0.2) is 0 Å². The van der Waals surface area contributed by atoms with E-state index in [-0.39, 0.29) is 11.8 Å². The molecule has 4 nitrogen and oxygen atoms in total. The van der Waals surface area contributed by atoms with Crippen molar-refractivity contribution >= 4 is 17.7 Å². The van der Waals surface area contributed by atoms with Crippen LogP contribution >= 0.6 is 11.8 Å². The van der Waals surface area contributed by atoms with Crippen LogP contribution in [-0.4, -0.2) is 41.4 Å². The van der Waals surface area contributed by atoms with Crippen LogP contribution in [-0.2, 0) is 11.3 Å². The summed E-state index contributed by atoms with van der Waals surface area (Å²) in [5.41, 5.74) is 0. The van der Waals surface area contributed by atoms with Gasteiger partial charge >= 0.3 is 0 Å². The lowest BCUT2D eigenvalue weighted by Crippen LogP contribution is -2.43. The molecule has 1 unspecified atom stereocenters. The summed E-state index contributed by atoms with van der Waals surface area (Å²) < 4.78 is 5.42. The predicted molar refractivity (Wildman–Crippen MR) is 99.0 cm³/mol. The molecule has 2 fully saturated rings. The van der Waals surface area contributed by atoms with E-state index in [0.29, 0.717) is 0 Å². The zero-order valence-corrected chi connectivity index (χ0v) is 15.4. The Bertz CT molecular complexity index is 486. The maximum absolute atomic E-state index is 12.4. The van der Waals surface area contributed by atoms with Crippen LogP contribution < -0.4 is 5.32 Å². The fraction of sp³-hybridized carbons (Fsp3) is 0.737. The van der Waals surface area contributed by atoms with Crippen molar-refractivity contribution in [2.45, 2.75) is 56.7 Å². The average Bonchev–Trinajstić information content (AvgIpc) is 3.13. The van der Waals surface area contributed by atoms with E-state index in [4.69, 9.17) is 4.42 Å². The van der Waals surface area contributed by atoms with Gasteiger partial charge < -0.3 is 9.73 Å². The Balaban J connectivity index is 1.33. The second-order valence-electron chi connectivity index (χ2n) is 7.08. The number of furan rings is 1. The molecule has 2 aliphatic rings. The summed E-state index contributed by atoms with van der Waals surface area (Å²) in [7, 11) is 0. The highest BCUT2D eigenvalue weighted by Gasteiger charge is 2.26. The van der Waals surface area contributed by atoms with E-state index < -0.39 is 0 Å². The number of nitrogens with zero attached hydrogens (tertiary/aromatic N) is 1. The fourth-order valence-corrected chi connectivity index (χ4v) is 5.03. The van der Waals surface area contributed by atoms with Gasteiger partial charge in [-0.3, -0.25) is 9.69 Å². The van der Waals surface area contributed by atoms with Gasteiger partial charge in [0, 0.05) is 24.1 Å². The smallest absolute Gasteiger partial charge is 0.224 e. The molecule has 1 aromatic heterocycles. The maximum Gasteiger partial charge on any atom is 0.224 e. The minimum atomic E-state index is 0.133. The SMILES string of the molecule is O=C(NCCSC1CCCCC1)C1CCCN(Cc2ccco2)C1. The first-order valence-electron chi connectivity index (χ1n) is 9.45. The molecule has 1 aromatic rings. The number of piperidine rings is 1. The van der Waals surface area contributed by atoms with Crippen LogP contribution in [0.2, 0.25) is 0 Å². The summed E-state index contributed by atoms with van der Waals surface area (Å²) in [6.07, 6.45) is 10.7. The zero-order valence-electron chi connectivity index (χ0n) is 14.5. The molecule has 1 N–H and O–H groups in total. The first kappa shape index (κ1) is 17.9. The minimum Gasteiger partial charge on any atom is -0.468 e. The number of thioether (sulfide) groups is 1. The summed E-state index contributed by atoms with van der Waals surface area (Å²) in [6.45, 7) is 3.54. The summed E-state index contributed by atoms with van der Waals surface area (Å²) in [5, 5.41) is 3.99. The molecule has 1 amide bonds. The van der Waals surface area contributed by atoms with E-state index >= 15 is 0 Å². The van der Waals surface area contributed by atoms with Crippen LogP contribution in [0.25, 0.3) is 0 Å². The molecule has 1 aliphatic heterocycles. The van der Waals surface area contributed by atoms with Gasteiger partial charge in [0.2, 0.25) is 5.91 Å². The number of hydrogen-bond donors (Lipinski definition) is 1. The van der Waals surface area contributed by atoms with Crippen molar-refractivity contribution in [2.24, 2.45) is 5.92 Å². The van der Waals surface area contributed by atoms with E-state index in [9.17, 15) is 4.79 Å². The number of nitrogens with one attached hydrogen (secondary N) is 1. The first-order chi connectivity index (χ1) is 11.8. The van der Waals surface area contributed by atoms with E-state index in [1.54, 1.807) is 6.26 Å². The highest BCUT2D eigenvalue weighted by atomic mass is 32.2. The molecular weight excluding hydrogens is 320 g/mol. The van der Waals surface area contributed by atoms with E-state index in [0.717, 1.165) is 55.8 Å². The molecule has 0 radical (unpaired) electrons. The van der Waals surface area contributed by atoms with Crippen molar-refractivity contribution in [1.29, 1.82) is 0 Å². The lowest BCUT2D eigenvalue weighted by atomic mass is 9.97. The number of amides is 1. The molecule has 0 aromatic carbocycles. The van der Waals surface area contributed by atoms with Crippen molar-refractivity contribution in [3.63, 3.8) is 0 Å². The third-order valence-corrected chi connectivity index (χ3v) is 6.53. The van der Waals surface area contributed by atoms with Crippen LogP contribution in [0, 0.1) is 5.92 Å². The number of carbonyl (C=O) groups excluding carboxylic acids is 1. The average molecular weight is 351 g/mol. The minimum absolute atomic E-state index is 0.133. The molecule has 1 saturated carbocycles. The van der Waals surface area contributed by atoms with Gasteiger partial charge in [0.05, 0.1) is 18.7 Å². The Hall–Kier alpha value is -0.940. The van der Waals surface area contributed by atoms with Gasteiger partial charge in [0.1, 0.15) is 5.76 Å². The highest BCUT2D eigenvalue weighted by Crippen LogP contribution is 2.27. The molecule has 1 aliphatic carbocycles. The molecule has 1 saturated heterocycles. The van der Waals surface area contributed by atoms with Crippen LogP contribution in [0.15, 0.2) is 22.8 Å². The molecule has 0 bridgehead atoms. The Morgan fingerprint density at radius 1 is 1.25 bits per heavy atom. The Morgan fingerprint density at radius 3 is 2.92 bits per heavy atom. The molecule has 2 heterocycles. The maximum atomic E-state index is 12.4. The van der Waals surface area contributed by atoms with Crippen LogP contribution in [0.1, 0.15) is 50.7 Å². The third-order valence-electron chi connectivity index (χ3n) is 5.14. The van der Waals surface area contributed by atoms with Gasteiger partial charge in [0.25, 0.3) is 0 Å². The Morgan fingerprint density at radius 2 is 2.12 bits per heavy atom. The zero-order chi connectivity index (χ0) is 16.6. The Kier molecular flexibility index (Phi) is 7.09. The summed E-state index contributed by atoms with van der Waals surface area (Å²) in [6, 6.07) is 3.93. The molecular formula is C19H30N2O2S. The van der Waals surface area contributed by atoms with E-state index in [1.807, 2.05) is 12.1 Å². The number of rotatable bonds is 7. The second-order valence-corrected chi connectivity index (χ2v) is 8.48. The van der Waals surface area contributed by atoms with Crippen LogP contribution in [0.5, 0.6) is 0 Å². The van der Waals surface area contributed by atoms with Crippen LogP contribution in [0.4, 0.5) is 0 Å². The number of carbonyl (C=O) groups is 1. The molecule has 134 valence electrons. The topological polar surface area (TPSA) is 45.5 Å². The molecule has 0 spiro atoms. The predicted octanol–water partition coefficient (Wildman–Crippen LogP) is 3.67. The van der Waals surface area contributed by atoms with Gasteiger partial charge in [-0.1, -0.05) is 19.3 Å². The van der Waals surface area contributed by atoms with Gasteiger partial charge in [-0.15, -0.1) is 0 Å². The largest absolute Gasteiger partial charge is 0.468 e. The van der Waals surface area contributed by atoms with E-state index in [1.165, 1.54) is 32.1 Å². The van der Waals surface area contributed by atoms with Crippen molar-refractivity contribution < 1.29 is 9.21 Å². The molecule has 3 rings (SSSR count). The number of hydrogen-bond acceptors (Lipinski definition) is 4. The molecule has 1 atom stereocenters. The van der Waals surface area contributed by atoms with Crippen molar-refractivity contribution in [1.82, 2.24) is 10.2 Å². The second kappa shape index (κ2) is 9.52. The standard InChI is InChI=1S/C19H30N2O2S/c22-19(20-10-13-24-18-8-2-1-3-9-18)16-6-4-11-21(14-16)15-17-7-5-12-23-17/h5,7,12,16,18H,1-4,6,8-11,13-15H2,(H,20,22). The van der Waals surface area contributed by atoms with Crippen molar-refractivity contribution in [3.05, 3.63) is 24.2 Å². The monoisotopic (exact) mass is 350 g/mol. The van der Waals surface area contributed by atoms with Gasteiger partial charge in [-0.2, -0.15) is 11.8 Å². The molecule has 24 heavy (non-hydrogen) atoms. The first-order valence-corrected chi connectivity index (χ1v) is 10.5. The third kappa shape index (κ3) is 5.55. The Labute approximate surface area is 149 Å². The summed E-state index contributed by atoms with van der Waals surface area (Å²) in [5.74, 6) is 2.41. The fourth-order valence-electron chi connectivity index (χ4n) is 3.81. The normalized spacial score (nSPS) is 23.2. The lowest BCUT2D eigenvalue weighted by Gasteiger charge is -2.31. The van der Waals surface area contributed by atoms with Crippen molar-refractivity contribution in [2.75, 3.05) is 25.4 Å². The lowest BCUT2D eigenvalue weighted by molar-refractivity contribution is -0.126. The quantitative estimate of drug-likeness (QED) is 0.762.